The van der Waals surface area contributed by atoms with E-state index in [0.29, 0.717) is 5.92 Å². The summed E-state index contributed by atoms with van der Waals surface area (Å²) in [5, 5.41) is 1.45. The fourth-order valence-corrected chi connectivity index (χ4v) is 2.44. The summed E-state index contributed by atoms with van der Waals surface area (Å²) in [5.74, 6) is 0.695. The molecule has 78 valence electrons. The molecule has 14 heavy (non-hydrogen) atoms. The first-order chi connectivity index (χ1) is 6.39. The molecule has 2 heteroatoms. The molecule has 0 aromatic carbocycles. The summed E-state index contributed by atoms with van der Waals surface area (Å²) in [6.07, 6.45) is 3.16. The molecule has 1 aromatic heterocycles. The second kappa shape index (κ2) is 4.26. The summed E-state index contributed by atoms with van der Waals surface area (Å²) in [6, 6.07) is 4.45. The summed E-state index contributed by atoms with van der Waals surface area (Å²) in [5.41, 5.74) is 1.22. The number of rotatable bonds is 3. The van der Waals surface area contributed by atoms with Gasteiger partial charge < -0.3 is 0 Å². The average Bonchev–Trinajstić information content (AvgIpc) is 2.02. The highest BCUT2D eigenvalue weighted by Gasteiger charge is 2.16. The van der Waals surface area contributed by atoms with Gasteiger partial charge in [0, 0.05) is 11.9 Å². The van der Waals surface area contributed by atoms with E-state index in [-0.39, 0.29) is 0 Å². The molecule has 1 rings (SSSR count). The van der Waals surface area contributed by atoms with Gasteiger partial charge in [-0.05, 0) is 23.6 Å². The van der Waals surface area contributed by atoms with E-state index in [1.807, 2.05) is 0 Å². The molecule has 0 atom stereocenters. The first-order valence-electron chi connectivity index (χ1n) is 5.35. The van der Waals surface area contributed by atoms with Crippen LogP contribution >= 0.6 is 0 Å². The van der Waals surface area contributed by atoms with E-state index >= 15 is 0 Å². The SMILES string of the molecule is CC(C)Cc1ccc([Si](C)(C)C)cn1. The zero-order valence-electron chi connectivity index (χ0n) is 9.96. The largest absolute Gasteiger partial charge is 0.261 e. The van der Waals surface area contributed by atoms with Crippen LogP contribution in [0.2, 0.25) is 19.6 Å². The second-order valence-corrected chi connectivity index (χ2v) is 10.5. The van der Waals surface area contributed by atoms with Crippen LogP contribution in [0.5, 0.6) is 0 Å². The van der Waals surface area contributed by atoms with Gasteiger partial charge in [-0.1, -0.05) is 39.6 Å². The molecule has 0 saturated carbocycles. The smallest absolute Gasteiger partial charge is 0.0796 e. The molecular weight excluding hydrogens is 186 g/mol. The van der Waals surface area contributed by atoms with Crippen LogP contribution in [-0.4, -0.2) is 13.1 Å². The fraction of sp³-hybridized carbons (Fsp3) is 0.583. The van der Waals surface area contributed by atoms with Crippen LogP contribution in [0.1, 0.15) is 19.5 Å². The Balaban J connectivity index is 2.79. The van der Waals surface area contributed by atoms with Gasteiger partial charge in [-0.25, -0.2) is 0 Å². The highest BCUT2D eigenvalue weighted by Crippen LogP contribution is 2.06. The van der Waals surface area contributed by atoms with Crippen molar-refractivity contribution in [3.05, 3.63) is 24.0 Å². The molecule has 0 aliphatic heterocycles. The van der Waals surface area contributed by atoms with Crippen LogP contribution in [0.4, 0.5) is 0 Å². The molecular formula is C12H21NSi. The minimum atomic E-state index is -1.16. The Morgan fingerprint density at radius 2 is 1.86 bits per heavy atom. The first kappa shape index (κ1) is 11.4. The van der Waals surface area contributed by atoms with Crippen LogP contribution in [0.25, 0.3) is 0 Å². The van der Waals surface area contributed by atoms with Crippen molar-refractivity contribution in [1.29, 1.82) is 0 Å². The number of pyridine rings is 1. The Morgan fingerprint density at radius 1 is 1.21 bits per heavy atom. The van der Waals surface area contributed by atoms with Gasteiger partial charge in [0.05, 0.1) is 8.07 Å². The molecule has 0 N–H and O–H groups in total. The molecule has 0 aliphatic carbocycles. The van der Waals surface area contributed by atoms with Crippen LogP contribution in [0.3, 0.4) is 0 Å². The van der Waals surface area contributed by atoms with Crippen molar-refractivity contribution in [2.24, 2.45) is 5.92 Å². The maximum atomic E-state index is 4.52. The van der Waals surface area contributed by atoms with Gasteiger partial charge >= 0.3 is 0 Å². The number of aromatic nitrogens is 1. The number of hydrogen-bond donors (Lipinski definition) is 0. The molecule has 0 saturated heterocycles. The summed E-state index contributed by atoms with van der Waals surface area (Å²) in [6.45, 7) is 11.5. The Kier molecular flexibility index (Phi) is 3.48. The normalized spacial score (nSPS) is 12.1. The fourth-order valence-electron chi connectivity index (χ4n) is 1.41. The molecule has 0 radical (unpaired) electrons. The molecule has 0 bridgehead atoms. The van der Waals surface area contributed by atoms with Crippen molar-refractivity contribution in [3.63, 3.8) is 0 Å². The van der Waals surface area contributed by atoms with E-state index in [0.717, 1.165) is 6.42 Å². The maximum absolute atomic E-state index is 4.52. The van der Waals surface area contributed by atoms with Crippen LogP contribution < -0.4 is 5.19 Å². The Hall–Kier alpha value is -0.633. The molecule has 0 fully saturated rings. The Bertz CT molecular complexity index is 282. The van der Waals surface area contributed by atoms with E-state index in [1.165, 1.54) is 10.9 Å². The van der Waals surface area contributed by atoms with E-state index in [4.69, 9.17) is 0 Å². The van der Waals surface area contributed by atoms with Crippen LogP contribution in [-0.2, 0) is 6.42 Å². The minimum absolute atomic E-state index is 0.695. The highest BCUT2D eigenvalue weighted by molar-refractivity contribution is 6.88. The third-order valence-electron chi connectivity index (χ3n) is 2.31. The van der Waals surface area contributed by atoms with Gasteiger partial charge in [-0.2, -0.15) is 0 Å². The van der Waals surface area contributed by atoms with Crippen LogP contribution in [0, 0.1) is 5.92 Å². The zero-order chi connectivity index (χ0) is 10.8. The number of hydrogen-bond acceptors (Lipinski definition) is 1. The lowest BCUT2D eigenvalue weighted by atomic mass is 10.1. The van der Waals surface area contributed by atoms with Crippen molar-refractivity contribution in [3.8, 4) is 0 Å². The predicted molar refractivity (Wildman–Crippen MR) is 65.8 cm³/mol. The Morgan fingerprint density at radius 3 is 2.21 bits per heavy atom. The van der Waals surface area contributed by atoms with Crippen molar-refractivity contribution in [2.75, 3.05) is 0 Å². The second-order valence-electron chi connectivity index (χ2n) is 5.39. The molecule has 0 spiro atoms. The molecule has 1 aromatic rings. The monoisotopic (exact) mass is 207 g/mol. The summed E-state index contributed by atoms with van der Waals surface area (Å²) in [7, 11) is -1.16. The van der Waals surface area contributed by atoms with E-state index in [2.05, 4.69) is 56.8 Å². The predicted octanol–water partition coefficient (Wildman–Crippen LogP) is 2.83. The van der Waals surface area contributed by atoms with Crippen molar-refractivity contribution >= 4 is 13.3 Å². The van der Waals surface area contributed by atoms with Gasteiger partial charge in [0.15, 0.2) is 0 Å². The lowest BCUT2D eigenvalue weighted by molar-refractivity contribution is 0.635. The highest BCUT2D eigenvalue weighted by atomic mass is 28.3. The van der Waals surface area contributed by atoms with Gasteiger partial charge in [-0.3, -0.25) is 4.98 Å². The van der Waals surface area contributed by atoms with Gasteiger partial charge in [-0.15, -0.1) is 0 Å². The van der Waals surface area contributed by atoms with E-state index in [9.17, 15) is 0 Å². The molecule has 0 amide bonds. The third kappa shape index (κ3) is 3.26. The number of nitrogens with zero attached hydrogens (tertiary/aromatic N) is 1. The van der Waals surface area contributed by atoms with Crippen molar-refractivity contribution in [2.45, 2.75) is 39.9 Å². The standard InChI is InChI=1S/C12H21NSi/c1-10(2)8-11-6-7-12(9-13-11)14(3,4)5/h6-7,9-10H,8H2,1-5H3. The molecule has 0 unspecified atom stereocenters. The molecule has 1 nitrogen and oxygen atoms in total. The first-order valence-corrected chi connectivity index (χ1v) is 8.85. The van der Waals surface area contributed by atoms with Crippen LogP contribution in [0.15, 0.2) is 18.3 Å². The lowest BCUT2D eigenvalue weighted by Gasteiger charge is -2.16. The summed E-state index contributed by atoms with van der Waals surface area (Å²) >= 11 is 0. The maximum Gasteiger partial charge on any atom is 0.0796 e. The van der Waals surface area contributed by atoms with Crippen molar-refractivity contribution < 1.29 is 0 Å². The average molecular weight is 207 g/mol. The topological polar surface area (TPSA) is 12.9 Å². The third-order valence-corrected chi connectivity index (χ3v) is 4.34. The Labute approximate surface area is 88.6 Å². The van der Waals surface area contributed by atoms with E-state index < -0.39 is 8.07 Å². The van der Waals surface area contributed by atoms with Gasteiger partial charge in [0.1, 0.15) is 0 Å². The van der Waals surface area contributed by atoms with Gasteiger partial charge in [0.2, 0.25) is 0 Å². The summed E-state index contributed by atoms with van der Waals surface area (Å²) in [4.78, 5) is 4.52. The molecule has 0 aliphatic rings. The zero-order valence-corrected chi connectivity index (χ0v) is 11.0. The molecule has 1 heterocycles. The van der Waals surface area contributed by atoms with Gasteiger partial charge in [0.25, 0.3) is 0 Å². The minimum Gasteiger partial charge on any atom is -0.261 e. The lowest BCUT2D eigenvalue weighted by Crippen LogP contribution is -2.37. The van der Waals surface area contributed by atoms with E-state index in [1.54, 1.807) is 0 Å². The summed E-state index contributed by atoms with van der Waals surface area (Å²) < 4.78 is 0. The van der Waals surface area contributed by atoms with Crippen molar-refractivity contribution in [1.82, 2.24) is 4.98 Å². The quantitative estimate of drug-likeness (QED) is 0.695.